The largest absolute Gasteiger partial charge is 0.494 e. The molecule has 4 heterocycles. The Bertz CT molecular complexity index is 2390. The number of hydrogen-bond donors (Lipinski definition) is 4. The smallest absolute Gasteiger partial charge is 0.264 e. The van der Waals surface area contributed by atoms with E-state index in [1.807, 2.05) is 0 Å². The van der Waals surface area contributed by atoms with Gasteiger partial charge in [-0.2, -0.15) is 0 Å². The lowest BCUT2D eigenvalue weighted by Crippen LogP contribution is -2.54. The van der Waals surface area contributed by atoms with Crippen LogP contribution in [0.5, 0.6) is 5.75 Å². The first-order chi connectivity index (χ1) is 29.0. The van der Waals surface area contributed by atoms with Gasteiger partial charge in [-0.15, -0.1) is 0 Å². The molecule has 0 radical (unpaired) electrons. The maximum Gasteiger partial charge on any atom is 0.264 e. The van der Waals surface area contributed by atoms with Crippen LogP contribution in [-0.4, -0.2) is 126 Å². The van der Waals surface area contributed by atoms with E-state index in [4.69, 9.17) is 21.1 Å². The summed E-state index contributed by atoms with van der Waals surface area (Å²) in [6.45, 7) is 3.53. The van der Waals surface area contributed by atoms with Gasteiger partial charge in [-0.3, -0.25) is 43.9 Å². The van der Waals surface area contributed by atoms with Crippen LogP contribution in [0.1, 0.15) is 40.0 Å². The Balaban J connectivity index is 0.820. The van der Waals surface area contributed by atoms with Gasteiger partial charge in [0.15, 0.2) is 0 Å². The van der Waals surface area contributed by atoms with Gasteiger partial charge in [0.1, 0.15) is 29.8 Å². The highest BCUT2D eigenvalue weighted by Gasteiger charge is 2.45. The van der Waals surface area contributed by atoms with Gasteiger partial charge >= 0.3 is 0 Å². The molecule has 17 nitrogen and oxygen atoms in total. The van der Waals surface area contributed by atoms with E-state index < -0.39 is 35.5 Å². The van der Waals surface area contributed by atoms with Crippen LogP contribution in [0.15, 0.2) is 67.0 Å². The molecule has 0 saturated carbocycles. The third-order valence-corrected chi connectivity index (χ3v) is 10.5. The lowest BCUT2D eigenvalue weighted by molar-refractivity contribution is -0.136. The zero-order valence-corrected chi connectivity index (χ0v) is 33.2. The Labute approximate surface area is 348 Å². The molecule has 4 aromatic rings. The van der Waals surface area contributed by atoms with Gasteiger partial charge in [-0.1, -0.05) is 23.7 Å². The summed E-state index contributed by atoms with van der Waals surface area (Å²) in [4.78, 5) is 89.6. The van der Waals surface area contributed by atoms with Crippen LogP contribution in [-0.2, 0) is 23.9 Å². The van der Waals surface area contributed by atoms with Gasteiger partial charge in [0, 0.05) is 74.6 Å². The van der Waals surface area contributed by atoms with E-state index in [9.17, 15) is 33.2 Å². The number of halogens is 2. The summed E-state index contributed by atoms with van der Waals surface area (Å²) < 4.78 is 24.9. The number of hydrogen-bond acceptors (Lipinski definition) is 13. The van der Waals surface area contributed by atoms with E-state index in [-0.39, 0.29) is 60.4 Å². The van der Waals surface area contributed by atoms with E-state index in [1.165, 1.54) is 43.8 Å². The molecule has 0 aliphatic carbocycles. The average molecular weight is 842 g/mol. The van der Waals surface area contributed by atoms with Gasteiger partial charge in [0.05, 0.1) is 54.1 Å². The maximum atomic E-state index is 13.7. The first-order valence-corrected chi connectivity index (χ1v) is 19.6. The molecule has 60 heavy (non-hydrogen) atoms. The fourth-order valence-electron chi connectivity index (χ4n) is 7.16. The average Bonchev–Trinajstić information content (AvgIpc) is 3.49. The van der Waals surface area contributed by atoms with Crippen molar-refractivity contribution in [3.8, 4) is 5.75 Å². The van der Waals surface area contributed by atoms with Crippen LogP contribution in [0.25, 0.3) is 10.9 Å². The molecule has 7 rings (SSSR count). The minimum atomic E-state index is -1.05. The second-order valence-corrected chi connectivity index (χ2v) is 14.5. The van der Waals surface area contributed by atoms with Crippen molar-refractivity contribution >= 4 is 80.8 Å². The molecule has 4 N–H and O–H groups in total. The topological polar surface area (TPSA) is 204 Å². The highest BCUT2D eigenvalue weighted by molar-refractivity contribution is 6.31. The molecule has 3 aromatic carbocycles. The number of aromatic nitrogens is 2. The first-order valence-electron chi connectivity index (χ1n) is 19.2. The third-order valence-electron chi connectivity index (χ3n) is 10.2. The number of amides is 6. The predicted octanol–water partition coefficient (Wildman–Crippen LogP) is 3.73. The summed E-state index contributed by atoms with van der Waals surface area (Å²) in [5.74, 6) is -2.43. The molecule has 3 aliphatic rings. The Kier molecular flexibility index (Phi) is 12.9. The van der Waals surface area contributed by atoms with E-state index >= 15 is 0 Å². The van der Waals surface area contributed by atoms with Crippen molar-refractivity contribution in [3.05, 3.63) is 89.0 Å². The van der Waals surface area contributed by atoms with E-state index in [1.54, 1.807) is 35.2 Å². The molecule has 19 heteroatoms. The number of piperidine rings is 1. The fourth-order valence-corrected chi connectivity index (χ4v) is 7.34. The Morgan fingerprint density at radius 1 is 1.00 bits per heavy atom. The second kappa shape index (κ2) is 18.6. The summed E-state index contributed by atoms with van der Waals surface area (Å²) in [5.41, 5.74) is 2.24. The zero-order valence-electron chi connectivity index (χ0n) is 32.5. The lowest BCUT2D eigenvalue weighted by Gasteiger charge is -2.34. The molecule has 1 unspecified atom stereocenters. The molecule has 0 spiro atoms. The van der Waals surface area contributed by atoms with Crippen LogP contribution in [0.4, 0.5) is 27.3 Å². The van der Waals surface area contributed by atoms with Crippen molar-refractivity contribution in [3.63, 3.8) is 0 Å². The van der Waals surface area contributed by atoms with Crippen LogP contribution >= 0.6 is 11.6 Å². The molecule has 0 bridgehead atoms. The molecule has 312 valence electrons. The van der Waals surface area contributed by atoms with Gasteiger partial charge in [0.2, 0.25) is 23.6 Å². The van der Waals surface area contributed by atoms with Crippen molar-refractivity contribution in [2.45, 2.75) is 25.3 Å². The Morgan fingerprint density at radius 2 is 1.82 bits per heavy atom. The monoisotopic (exact) mass is 841 g/mol. The number of nitrogens with one attached hydrogen (secondary N) is 4. The summed E-state index contributed by atoms with van der Waals surface area (Å²) in [6, 6.07) is 11.4. The summed E-state index contributed by atoms with van der Waals surface area (Å²) >= 11 is 5.94. The lowest BCUT2D eigenvalue weighted by atomic mass is 10.0. The van der Waals surface area contributed by atoms with Gasteiger partial charge in [0.25, 0.3) is 11.8 Å². The maximum absolute atomic E-state index is 13.7. The molecule has 3 aliphatic heterocycles. The standard InChI is InChI=1S/C41H41ClFN9O8/c1-59-33-22-30-26(38(46-23-45-30)47-24-7-8-28(43)27(42)20-24)21-31(33)48-34(53)6-3-13-50-14-16-51(17-15-50)36(55)11-18-60-19-12-44-29-5-2-4-25-37(29)41(58)52(40(25)57)32-9-10-35(54)49-39(32)56/h2-8,20-23,32,44H,9-19H2,1H3,(H,48,53)(H,45,46,47)(H,49,54,56)/b6-3+. The van der Waals surface area contributed by atoms with E-state index in [0.717, 1.165) is 4.90 Å². The summed E-state index contributed by atoms with van der Waals surface area (Å²) in [5, 5.41) is 11.8. The van der Waals surface area contributed by atoms with Crippen LogP contribution < -0.4 is 26.0 Å². The van der Waals surface area contributed by atoms with Gasteiger partial charge in [-0.25, -0.2) is 14.4 Å². The molecular formula is C41H41ClFN9O8. The number of benzene rings is 3. The minimum absolute atomic E-state index is 0.0365. The van der Waals surface area contributed by atoms with Crippen molar-refractivity contribution in [2.24, 2.45) is 0 Å². The number of carbonyl (C=O) groups excluding carboxylic acids is 6. The van der Waals surface area contributed by atoms with Crippen LogP contribution in [0.3, 0.4) is 0 Å². The zero-order chi connectivity index (χ0) is 42.3. The number of fused-ring (bicyclic) bond motifs is 2. The first kappa shape index (κ1) is 41.7. The summed E-state index contributed by atoms with van der Waals surface area (Å²) in [7, 11) is 1.49. The molecule has 2 fully saturated rings. The van der Waals surface area contributed by atoms with Crippen molar-refractivity contribution in [2.75, 3.05) is 75.5 Å². The Morgan fingerprint density at radius 3 is 2.58 bits per heavy atom. The summed E-state index contributed by atoms with van der Waals surface area (Å²) in [6.07, 6.45) is 4.87. The predicted molar refractivity (Wildman–Crippen MR) is 219 cm³/mol. The number of carbonyl (C=O) groups is 6. The van der Waals surface area contributed by atoms with Crippen LogP contribution in [0, 0.1) is 5.82 Å². The molecular weight excluding hydrogens is 801 g/mol. The molecule has 1 aromatic heterocycles. The minimum Gasteiger partial charge on any atom is -0.494 e. The fraction of sp³-hybridized carbons (Fsp3) is 0.317. The SMILES string of the molecule is COc1cc2ncnc(Nc3ccc(F)c(Cl)c3)c2cc1NC(=O)/C=C/CN1CCN(C(=O)CCOCCNc2cccc3c2C(=O)N(C2CCC(=O)NC2=O)C3=O)CC1. The highest BCUT2D eigenvalue weighted by atomic mass is 35.5. The second-order valence-electron chi connectivity index (χ2n) is 14.1. The molecule has 2 saturated heterocycles. The Hall–Kier alpha value is -6.50. The van der Waals surface area contributed by atoms with Crippen molar-refractivity contribution in [1.29, 1.82) is 0 Å². The van der Waals surface area contributed by atoms with E-state index in [2.05, 4.69) is 36.1 Å². The number of imide groups is 2. The number of methoxy groups -OCH3 is 1. The third kappa shape index (κ3) is 9.35. The molecule has 6 amide bonds. The number of anilines is 4. The van der Waals surface area contributed by atoms with Crippen molar-refractivity contribution in [1.82, 2.24) is 30.0 Å². The van der Waals surface area contributed by atoms with Crippen LogP contribution in [0.2, 0.25) is 5.02 Å². The number of ether oxygens (including phenoxy) is 2. The van der Waals surface area contributed by atoms with Gasteiger partial charge < -0.3 is 30.3 Å². The number of rotatable bonds is 15. The highest BCUT2D eigenvalue weighted by Crippen LogP contribution is 2.34. The van der Waals surface area contributed by atoms with Gasteiger partial charge in [-0.05, 0) is 42.8 Å². The molecule has 1 atom stereocenters. The number of piperazine rings is 1. The normalized spacial score (nSPS) is 16.9. The van der Waals surface area contributed by atoms with Crippen molar-refractivity contribution < 1.29 is 42.6 Å². The number of nitrogens with zero attached hydrogens (tertiary/aromatic N) is 5. The van der Waals surface area contributed by atoms with E-state index in [0.29, 0.717) is 78.8 Å². The quantitative estimate of drug-likeness (QED) is 0.0767.